The van der Waals surface area contributed by atoms with E-state index in [1.54, 1.807) is 13.0 Å². The summed E-state index contributed by atoms with van der Waals surface area (Å²) in [5.74, 6) is -0.531. The van der Waals surface area contributed by atoms with Crippen LogP contribution in [0.2, 0.25) is 0 Å². The minimum atomic E-state index is -4.49. The summed E-state index contributed by atoms with van der Waals surface area (Å²) in [4.78, 5) is 14.4. The van der Waals surface area contributed by atoms with Gasteiger partial charge in [-0.15, -0.1) is 0 Å². The Bertz CT molecular complexity index is 505. The number of ether oxygens (including phenoxy) is 2. The molecular weight excluding hydrogens is 315 g/mol. The zero-order valence-corrected chi connectivity index (χ0v) is 13.3. The third-order valence-electron chi connectivity index (χ3n) is 3.18. The van der Waals surface area contributed by atoms with E-state index in [0.29, 0.717) is 5.69 Å². The summed E-state index contributed by atoms with van der Waals surface area (Å²) in [6, 6.07) is 1.60. The first-order valence-electron chi connectivity index (χ1n) is 7.19. The number of alkyl halides is 3. The molecule has 0 radical (unpaired) electrons. The summed E-state index contributed by atoms with van der Waals surface area (Å²) < 4.78 is 48.9. The van der Waals surface area contributed by atoms with Gasteiger partial charge in [-0.05, 0) is 27.0 Å². The molecule has 1 heterocycles. The van der Waals surface area contributed by atoms with Crippen molar-refractivity contribution in [3.8, 4) is 0 Å². The Morgan fingerprint density at radius 3 is 2.65 bits per heavy atom. The Morgan fingerprint density at radius 1 is 1.39 bits per heavy atom. The van der Waals surface area contributed by atoms with Crippen LogP contribution in [0.1, 0.15) is 24.3 Å². The van der Waals surface area contributed by atoms with Gasteiger partial charge in [-0.2, -0.15) is 13.2 Å². The number of aromatic amines is 1. The molecular formula is C14H22F3N3O3. The smallest absolute Gasteiger partial charge is 0.418 e. The lowest BCUT2D eigenvalue weighted by atomic mass is 10.1. The summed E-state index contributed by atoms with van der Waals surface area (Å²) >= 11 is 0. The highest BCUT2D eigenvalue weighted by atomic mass is 19.4. The lowest BCUT2D eigenvalue weighted by Gasteiger charge is -2.32. The maximum atomic E-state index is 13.0. The maximum absolute atomic E-state index is 13.0. The Kier molecular flexibility index (Phi) is 6.89. The first-order chi connectivity index (χ1) is 10.7. The molecule has 0 saturated carbocycles. The number of esters is 1. The lowest BCUT2D eigenvalue weighted by Crippen LogP contribution is -2.52. The van der Waals surface area contributed by atoms with Crippen LogP contribution in [-0.4, -0.2) is 56.1 Å². The second-order valence-corrected chi connectivity index (χ2v) is 5.02. The van der Waals surface area contributed by atoms with E-state index in [2.05, 4.69) is 15.6 Å². The van der Waals surface area contributed by atoms with Crippen molar-refractivity contribution in [1.82, 2.24) is 10.3 Å². The van der Waals surface area contributed by atoms with Gasteiger partial charge in [0.15, 0.2) is 5.60 Å². The molecule has 1 unspecified atom stereocenters. The van der Waals surface area contributed by atoms with E-state index < -0.39 is 17.7 Å². The van der Waals surface area contributed by atoms with Crippen LogP contribution >= 0.6 is 0 Å². The molecule has 0 aromatic carbocycles. The first kappa shape index (κ1) is 19.3. The Morgan fingerprint density at radius 2 is 2.09 bits per heavy atom. The van der Waals surface area contributed by atoms with Crippen LogP contribution in [0, 0.1) is 0 Å². The summed E-state index contributed by atoms with van der Waals surface area (Å²) in [6.45, 7) is 2.49. The number of anilines is 1. The molecule has 0 spiro atoms. The number of halogens is 3. The molecule has 1 aromatic heterocycles. The van der Waals surface area contributed by atoms with Gasteiger partial charge in [0.2, 0.25) is 0 Å². The number of H-pyrrole nitrogens is 1. The van der Waals surface area contributed by atoms with Gasteiger partial charge in [-0.1, -0.05) is 0 Å². The number of aromatic nitrogens is 1. The molecule has 23 heavy (non-hydrogen) atoms. The minimum absolute atomic E-state index is 0.111. The van der Waals surface area contributed by atoms with Crippen molar-refractivity contribution in [3.63, 3.8) is 0 Å². The fourth-order valence-electron chi connectivity index (χ4n) is 1.92. The fourth-order valence-corrected chi connectivity index (χ4v) is 1.92. The van der Waals surface area contributed by atoms with Crippen molar-refractivity contribution < 1.29 is 27.4 Å². The number of carbonyl (C=O) groups excluding carboxylic acids is 1. The van der Waals surface area contributed by atoms with Crippen LogP contribution in [0.25, 0.3) is 0 Å². The summed E-state index contributed by atoms with van der Waals surface area (Å²) in [5, 5.41) is 5.33. The van der Waals surface area contributed by atoms with Gasteiger partial charge in [0.25, 0.3) is 0 Å². The Balaban J connectivity index is 2.55. The van der Waals surface area contributed by atoms with Crippen molar-refractivity contribution in [2.75, 3.05) is 38.7 Å². The second-order valence-electron chi connectivity index (χ2n) is 5.02. The van der Waals surface area contributed by atoms with Crippen LogP contribution in [-0.2, 0) is 9.47 Å². The van der Waals surface area contributed by atoms with E-state index in [4.69, 9.17) is 9.47 Å². The van der Waals surface area contributed by atoms with Gasteiger partial charge in [-0.25, -0.2) is 4.79 Å². The molecule has 0 aliphatic rings. The molecule has 0 bridgehead atoms. The van der Waals surface area contributed by atoms with Crippen LogP contribution < -0.4 is 10.6 Å². The van der Waals surface area contributed by atoms with Gasteiger partial charge in [-0.3, -0.25) is 0 Å². The average molecular weight is 337 g/mol. The average Bonchev–Trinajstić information content (AvgIpc) is 2.91. The monoisotopic (exact) mass is 337 g/mol. The zero-order valence-electron chi connectivity index (χ0n) is 13.3. The van der Waals surface area contributed by atoms with E-state index in [1.807, 2.05) is 0 Å². The van der Waals surface area contributed by atoms with Crippen molar-refractivity contribution in [2.45, 2.75) is 25.6 Å². The SMILES string of the molecule is CCOC(=O)c1[nH]ccc1NCCOC(C)(CNC)C(F)(F)F. The largest absolute Gasteiger partial charge is 0.461 e. The number of carbonyl (C=O) groups is 1. The minimum Gasteiger partial charge on any atom is -0.461 e. The number of nitrogens with one attached hydrogen (secondary N) is 3. The van der Waals surface area contributed by atoms with Gasteiger partial charge < -0.3 is 25.1 Å². The normalized spacial score (nSPS) is 14.3. The van der Waals surface area contributed by atoms with E-state index in [1.165, 1.54) is 13.2 Å². The number of rotatable bonds is 9. The van der Waals surface area contributed by atoms with Crippen molar-refractivity contribution in [1.29, 1.82) is 0 Å². The Labute approximate surface area is 132 Å². The highest BCUT2D eigenvalue weighted by molar-refractivity contribution is 5.93. The molecule has 9 heteroatoms. The number of hydrogen-bond donors (Lipinski definition) is 3. The topological polar surface area (TPSA) is 75.4 Å². The second kappa shape index (κ2) is 8.21. The van der Waals surface area contributed by atoms with E-state index in [-0.39, 0.29) is 32.0 Å². The first-order valence-corrected chi connectivity index (χ1v) is 7.19. The van der Waals surface area contributed by atoms with Crippen molar-refractivity contribution in [3.05, 3.63) is 18.0 Å². The molecule has 3 N–H and O–H groups in total. The third kappa shape index (κ3) is 5.14. The molecule has 1 aromatic rings. The van der Waals surface area contributed by atoms with Gasteiger partial charge in [0, 0.05) is 19.3 Å². The predicted octanol–water partition coefficient (Wildman–Crippen LogP) is 2.16. The molecule has 1 rings (SSSR count). The molecule has 132 valence electrons. The maximum Gasteiger partial charge on any atom is 0.418 e. The van der Waals surface area contributed by atoms with Crippen LogP contribution in [0.5, 0.6) is 0 Å². The van der Waals surface area contributed by atoms with Crippen LogP contribution in [0.3, 0.4) is 0 Å². The highest BCUT2D eigenvalue weighted by Gasteiger charge is 2.51. The summed E-state index contributed by atoms with van der Waals surface area (Å²) in [6.07, 6.45) is -2.95. The molecule has 0 saturated heterocycles. The molecule has 1 atom stereocenters. The summed E-state index contributed by atoms with van der Waals surface area (Å²) in [7, 11) is 1.43. The third-order valence-corrected chi connectivity index (χ3v) is 3.18. The molecule has 0 aliphatic heterocycles. The van der Waals surface area contributed by atoms with E-state index >= 15 is 0 Å². The lowest BCUT2D eigenvalue weighted by molar-refractivity contribution is -0.267. The predicted molar refractivity (Wildman–Crippen MR) is 79.6 cm³/mol. The molecule has 0 fully saturated rings. The van der Waals surface area contributed by atoms with E-state index in [9.17, 15) is 18.0 Å². The standard InChI is InChI=1S/C14H22F3N3O3/c1-4-22-12(21)11-10(5-6-20-11)19-7-8-23-13(2,9-18-3)14(15,16)17/h5-6,18-20H,4,7-9H2,1-3H3. The van der Waals surface area contributed by atoms with Crippen LogP contribution in [0.4, 0.5) is 18.9 Å². The van der Waals surface area contributed by atoms with Gasteiger partial charge in [0.05, 0.1) is 18.9 Å². The zero-order chi connectivity index (χ0) is 17.5. The number of hydrogen-bond acceptors (Lipinski definition) is 5. The Hall–Kier alpha value is -1.74. The number of likely N-dealkylation sites (N-methyl/N-ethyl adjacent to an activating group) is 1. The van der Waals surface area contributed by atoms with E-state index in [0.717, 1.165) is 6.92 Å². The fraction of sp³-hybridized carbons (Fsp3) is 0.643. The van der Waals surface area contributed by atoms with Crippen molar-refractivity contribution >= 4 is 11.7 Å². The highest BCUT2D eigenvalue weighted by Crippen LogP contribution is 2.32. The van der Waals surface area contributed by atoms with Crippen molar-refractivity contribution in [2.24, 2.45) is 0 Å². The summed E-state index contributed by atoms with van der Waals surface area (Å²) in [5.41, 5.74) is -1.60. The molecule has 0 amide bonds. The van der Waals surface area contributed by atoms with Gasteiger partial charge >= 0.3 is 12.1 Å². The van der Waals surface area contributed by atoms with Crippen LogP contribution in [0.15, 0.2) is 12.3 Å². The molecule has 6 nitrogen and oxygen atoms in total. The molecule has 0 aliphatic carbocycles. The quantitative estimate of drug-likeness (QED) is 0.476. The van der Waals surface area contributed by atoms with Gasteiger partial charge in [0.1, 0.15) is 5.69 Å².